The molecule has 2 N–H and O–H groups in total. The van der Waals surface area contributed by atoms with E-state index in [1.54, 1.807) is 25.4 Å². The number of aromatic nitrogens is 1. The van der Waals surface area contributed by atoms with Crippen LogP contribution in [0.2, 0.25) is 0 Å². The average Bonchev–Trinajstić information content (AvgIpc) is 3.00. The molecular weight excluding hydrogens is 368 g/mol. The lowest BCUT2D eigenvalue weighted by atomic mass is 10.1. The zero-order chi connectivity index (χ0) is 20.8. The number of likely N-dealkylation sites (N-methyl/N-ethyl adjacent to an activating group) is 1. The van der Waals surface area contributed by atoms with Crippen LogP contribution >= 0.6 is 0 Å². The predicted molar refractivity (Wildman–Crippen MR) is 101 cm³/mol. The van der Waals surface area contributed by atoms with Crippen LogP contribution in [0.5, 0.6) is 5.75 Å². The third kappa shape index (κ3) is 5.23. The molecule has 0 bridgehead atoms. The van der Waals surface area contributed by atoms with Gasteiger partial charge in [0, 0.05) is 18.1 Å². The Bertz CT molecular complexity index is 873. The van der Waals surface area contributed by atoms with Crippen molar-refractivity contribution in [3.05, 3.63) is 30.0 Å². The minimum absolute atomic E-state index is 0.524. The molecule has 1 atom stereocenters. The lowest BCUT2D eigenvalue weighted by Crippen LogP contribution is -2.26. The van der Waals surface area contributed by atoms with E-state index in [-0.39, 0.29) is 0 Å². The van der Waals surface area contributed by atoms with Crippen LogP contribution < -0.4 is 4.74 Å². The van der Waals surface area contributed by atoms with Gasteiger partial charge in [0.25, 0.3) is 0 Å². The number of carbonyl (C=O) groups is 3. The maximum absolute atomic E-state index is 12.5. The molecule has 0 radical (unpaired) electrons. The number of benzene rings is 1. The number of methoxy groups -OCH3 is 1. The summed E-state index contributed by atoms with van der Waals surface area (Å²) in [7, 11) is 5.45. The summed E-state index contributed by atoms with van der Waals surface area (Å²) in [6, 6.07) is 5.27. The van der Waals surface area contributed by atoms with Crippen LogP contribution in [0.1, 0.15) is 12.0 Å². The highest BCUT2D eigenvalue weighted by atomic mass is 16.6. The third-order valence-electron chi connectivity index (χ3n) is 4.30. The zero-order valence-corrected chi connectivity index (χ0v) is 16.0. The fourth-order valence-electron chi connectivity index (χ4n) is 2.77. The van der Waals surface area contributed by atoms with E-state index in [0.717, 1.165) is 17.5 Å². The van der Waals surface area contributed by atoms with Gasteiger partial charge in [-0.25, -0.2) is 4.79 Å². The molecule has 1 aromatic heterocycles. The van der Waals surface area contributed by atoms with E-state index >= 15 is 0 Å². The Morgan fingerprint density at radius 3 is 2.50 bits per heavy atom. The summed E-state index contributed by atoms with van der Waals surface area (Å²) in [5, 5.41) is 18.7. The lowest BCUT2D eigenvalue weighted by Gasteiger charge is -2.11. The number of nitrogens with zero attached hydrogens (tertiary/aromatic N) is 2. The van der Waals surface area contributed by atoms with Crippen LogP contribution in [0.25, 0.3) is 10.9 Å². The SMILES string of the molecule is COc1ccc2c(c1)c(CCN(C)C)cn2C(=O)OCC(CC(=O)O)C(=O)O. The number of carbonyl (C=O) groups excluding carboxylic acids is 1. The minimum atomic E-state index is -1.33. The fourth-order valence-corrected chi connectivity index (χ4v) is 2.77. The van der Waals surface area contributed by atoms with E-state index < -0.39 is 37.0 Å². The number of carboxylic acids is 2. The quantitative estimate of drug-likeness (QED) is 0.664. The van der Waals surface area contributed by atoms with Gasteiger partial charge in [0.05, 0.1) is 19.0 Å². The second-order valence-corrected chi connectivity index (χ2v) is 6.67. The molecule has 1 unspecified atom stereocenters. The van der Waals surface area contributed by atoms with Crippen LogP contribution in [0, 0.1) is 5.92 Å². The van der Waals surface area contributed by atoms with Crippen LogP contribution in [-0.2, 0) is 20.7 Å². The van der Waals surface area contributed by atoms with Crippen molar-refractivity contribution < 1.29 is 34.1 Å². The molecule has 0 saturated heterocycles. The Morgan fingerprint density at radius 1 is 1.21 bits per heavy atom. The molecule has 0 saturated carbocycles. The first-order valence-electron chi connectivity index (χ1n) is 8.67. The summed E-state index contributed by atoms with van der Waals surface area (Å²) in [5.41, 5.74) is 1.52. The molecule has 152 valence electrons. The standard InChI is InChI=1S/C19H24N2O7/c1-20(2)7-6-12-10-21(16-5-4-14(27-3)9-15(12)16)19(26)28-11-13(18(24)25)8-17(22)23/h4-5,9-10,13H,6-8,11H2,1-3H3,(H,22,23)(H,24,25). The van der Waals surface area contributed by atoms with Crippen LogP contribution in [0.4, 0.5) is 4.79 Å². The zero-order valence-electron chi connectivity index (χ0n) is 16.0. The van der Waals surface area contributed by atoms with Crippen molar-refractivity contribution in [2.24, 2.45) is 5.92 Å². The third-order valence-corrected chi connectivity index (χ3v) is 4.30. The molecule has 0 aliphatic heterocycles. The van der Waals surface area contributed by atoms with Crippen molar-refractivity contribution in [2.75, 3.05) is 34.4 Å². The molecule has 0 aliphatic rings. The Kier molecular flexibility index (Phi) is 7.00. The maximum Gasteiger partial charge on any atom is 0.418 e. The highest BCUT2D eigenvalue weighted by Gasteiger charge is 2.24. The minimum Gasteiger partial charge on any atom is -0.497 e. The van der Waals surface area contributed by atoms with Crippen LogP contribution in [0.15, 0.2) is 24.4 Å². The summed E-state index contributed by atoms with van der Waals surface area (Å²) < 4.78 is 11.7. The molecule has 2 aromatic rings. The molecule has 0 aliphatic carbocycles. The summed E-state index contributed by atoms with van der Waals surface area (Å²) in [4.78, 5) is 36.5. The first-order valence-corrected chi connectivity index (χ1v) is 8.67. The smallest absolute Gasteiger partial charge is 0.418 e. The fraction of sp³-hybridized carbons (Fsp3) is 0.421. The van der Waals surface area contributed by atoms with Gasteiger partial charge in [0.15, 0.2) is 0 Å². The largest absolute Gasteiger partial charge is 0.497 e. The Balaban J connectivity index is 2.28. The summed E-state index contributed by atoms with van der Waals surface area (Å²) in [5.74, 6) is -3.26. The van der Waals surface area contributed by atoms with Crippen molar-refractivity contribution >= 4 is 28.9 Å². The number of rotatable bonds is 9. The number of fused-ring (bicyclic) bond motifs is 1. The molecule has 1 aromatic carbocycles. The molecule has 9 heteroatoms. The van der Waals surface area contributed by atoms with E-state index in [9.17, 15) is 14.4 Å². The summed E-state index contributed by atoms with van der Waals surface area (Å²) in [6.45, 7) is 0.244. The summed E-state index contributed by atoms with van der Waals surface area (Å²) >= 11 is 0. The van der Waals surface area contributed by atoms with Crippen LogP contribution in [-0.4, -0.2) is 72.1 Å². The molecule has 2 rings (SSSR count). The number of carboxylic acid groups (broad SMARTS) is 2. The van der Waals surface area contributed by atoms with E-state index in [1.165, 1.54) is 4.57 Å². The molecule has 1 heterocycles. The van der Waals surface area contributed by atoms with Gasteiger partial charge < -0.3 is 24.6 Å². The monoisotopic (exact) mass is 392 g/mol. The van der Waals surface area contributed by atoms with Crippen molar-refractivity contribution in [2.45, 2.75) is 12.8 Å². The number of hydrogen-bond acceptors (Lipinski definition) is 6. The summed E-state index contributed by atoms with van der Waals surface area (Å²) in [6.07, 6.45) is 0.958. The molecule has 0 fully saturated rings. The van der Waals surface area contributed by atoms with Gasteiger partial charge in [0.2, 0.25) is 0 Å². The van der Waals surface area contributed by atoms with Gasteiger partial charge in [-0.2, -0.15) is 0 Å². The van der Waals surface area contributed by atoms with E-state index in [4.69, 9.17) is 19.7 Å². The molecule has 0 amide bonds. The molecule has 28 heavy (non-hydrogen) atoms. The Labute approximate surface area is 162 Å². The van der Waals surface area contributed by atoms with Gasteiger partial charge in [-0.05, 0) is 44.3 Å². The van der Waals surface area contributed by atoms with Crippen molar-refractivity contribution in [1.82, 2.24) is 9.47 Å². The highest BCUT2D eigenvalue weighted by molar-refractivity contribution is 5.93. The van der Waals surface area contributed by atoms with E-state index in [0.29, 0.717) is 17.7 Å². The van der Waals surface area contributed by atoms with Gasteiger partial charge in [-0.15, -0.1) is 0 Å². The maximum atomic E-state index is 12.5. The average molecular weight is 392 g/mol. The first-order chi connectivity index (χ1) is 13.2. The van der Waals surface area contributed by atoms with E-state index in [1.807, 2.05) is 25.1 Å². The van der Waals surface area contributed by atoms with Gasteiger partial charge in [-0.1, -0.05) is 0 Å². The van der Waals surface area contributed by atoms with Gasteiger partial charge >= 0.3 is 18.0 Å². The number of ether oxygens (including phenoxy) is 2. The number of aliphatic carboxylic acids is 2. The van der Waals surface area contributed by atoms with E-state index in [2.05, 4.69) is 0 Å². The predicted octanol–water partition coefficient (Wildman–Crippen LogP) is 1.91. The number of hydrogen-bond donors (Lipinski definition) is 2. The van der Waals surface area contributed by atoms with Crippen molar-refractivity contribution in [3.8, 4) is 5.75 Å². The second kappa shape index (κ2) is 9.23. The second-order valence-electron chi connectivity index (χ2n) is 6.67. The van der Waals surface area contributed by atoms with Crippen LogP contribution in [0.3, 0.4) is 0 Å². The molecular formula is C19H24N2O7. The normalized spacial score (nSPS) is 12.1. The van der Waals surface area contributed by atoms with Crippen molar-refractivity contribution in [3.63, 3.8) is 0 Å². The molecule has 0 spiro atoms. The van der Waals surface area contributed by atoms with Gasteiger partial charge in [-0.3, -0.25) is 14.2 Å². The van der Waals surface area contributed by atoms with Crippen molar-refractivity contribution in [1.29, 1.82) is 0 Å². The van der Waals surface area contributed by atoms with Gasteiger partial charge in [0.1, 0.15) is 18.3 Å². The highest BCUT2D eigenvalue weighted by Crippen LogP contribution is 2.27. The first kappa shape index (κ1) is 21.2. The topological polar surface area (TPSA) is 118 Å². The lowest BCUT2D eigenvalue weighted by molar-refractivity contribution is -0.149. The molecule has 9 nitrogen and oxygen atoms in total. The Hall–Kier alpha value is -3.07. The Morgan fingerprint density at radius 2 is 1.93 bits per heavy atom.